The molecule has 0 amide bonds. The van der Waals surface area contributed by atoms with Gasteiger partial charge in [0.1, 0.15) is 11.9 Å². The van der Waals surface area contributed by atoms with Crippen molar-refractivity contribution in [2.24, 2.45) is 0 Å². The van der Waals surface area contributed by atoms with Gasteiger partial charge in [-0.25, -0.2) is 0 Å². The lowest BCUT2D eigenvalue weighted by atomic mass is 10.1. The normalized spacial score (nSPS) is 13.6. The lowest BCUT2D eigenvalue weighted by Crippen LogP contribution is -2.16. The van der Waals surface area contributed by atoms with Gasteiger partial charge in [-0.3, -0.25) is 4.79 Å². The van der Waals surface area contributed by atoms with Gasteiger partial charge in [0.2, 0.25) is 0 Å². The van der Waals surface area contributed by atoms with Crippen molar-refractivity contribution in [1.29, 1.82) is 0 Å². The highest BCUT2D eigenvalue weighted by Crippen LogP contribution is 2.21. The van der Waals surface area contributed by atoms with Crippen LogP contribution in [0.4, 0.5) is 0 Å². The lowest BCUT2D eigenvalue weighted by molar-refractivity contribution is -0.148. The summed E-state index contributed by atoms with van der Waals surface area (Å²) in [7, 11) is 0. The Morgan fingerprint density at radius 2 is 1.80 bits per heavy atom. The third-order valence-electron chi connectivity index (χ3n) is 2.82. The predicted octanol–water partition coefficient (Wildman–Crippen LogP) is 3.85. The molecule has 0 aromatic heterocycles. The van der Waals surface area contributed by atoms with E-state index in [1.54, 1.807) is 0 Å². The SMILES string of the molecule is CCCC(=O)OC(C)c1ccc(OC(C)OCC)cc1. The molecular formula is C16H24O4. The average Bonchev–Trinajstić information content (AvgIpc) is 2.39. The Morgan fingerprint density at radius 1 is 1.15 bits per heavy atom. The standard InChI is InChI=1S/C16H24O4/c1-5-7-16(17)19-12(3)14-8-10-15(11-9-14)20-13(4)18-6-2/h8-13H,5-7H2,1-4H3. The van der Waals surface area contributed by atoms with Crippen molar-refractivity contribution in [3.05, 3.63) is 29.8 Å². The molecule has 2 unspecified atom stereocenters. The van der Waals surface area contributed by atoms with Crippen LogP contribution in [0.15, 0.2) is 24.3 Å². The first-order chi connectivity index (χ1) is 9.56. The molecule has 0 spiro atoms. The van der Waals surface area contributed by atoms with Crippen LogP contribution >= 0.6 is 0 Å². The van der Waals surface area contributed by atoms with Crippen molar-refractivity contribution in [3.63, 3.8) is 0 Å². The van der Waals surface area contributed by atoms with Gasteiger partial charge >= 0.3 is 5.97 Å². The monoisotopic (exact) mass is 280 g/mol. The van der Waals surface area contributed by atoms with Crippen LogP contribution in [0.5, 0.6) is 5.75 Å². The van der Waals surface area contributed by atoms with Gasteiger partial charge in [-0.1, -0.05) is 19.1 Å². The predicted molar refractivity (Wildman–Crippen MR) is 77.6 cm³/mol. The van der Waals surface area contributed by atoms with Gasteiger partial charge in [0, 0.05) is 13.0 Å². The maximum Gasteiger partial charge on any atom is 0.306 e. The summed E-state index contributed by atoms with van der Waals surface area (Å²) >= 11 is 0. The van der Waals surface area contributed by atoms with E-state index in [9.17, 15) is 4.79 Å². The molecule has 4 nitrogen and oxygen atoms in total. The largest absolute Gasteiger partial charge is 0.465 e. The van der Waals surface area contributed by atoms with Gasteiger partial charge in [0.05, 0.1) is 0 Å². The summed E-state index contributed by atoms with van der Waals surface area (Å²) in [6.45, 7) is 8.22. The fourth-order valence-electron chi connectivity index (χ4n) is 1.81. The number of benzene rings is 1. The minimum Gasteiger partial charge on any atom is -0.465 e. The molecule has 1 rings (SSSR count). The second-order valence-corrected chi connectivity index (χ2v) is 4.59. The van der Waals surface area contributed by atoms with E-state index in [-0.39, 0.29) is 18.4 Å². The number of carbonyl (C=O) groups is 1. The molecule has 4 heteroatoms. The lowest BCUT2D eigenvalue weighted by Gasteiger charge is -2.16. The Hall–Kier alpha value is -1.55. The molecule has 0 bridgehead atoms. The zero-order valence-electron chi connectivity index (χ0n) is 12.7. The van der Waals surface area contributed by atoms with Gasteiger partial charge in [0.25, 0.3) is 0 Å². The van der Waals surface area contributed by atoms with Crippen LogP contribution in [0.1, 0.15) is 52.2 Å². The van der Waals surface area contributed by atoms with E-state index in [0.717, 1.165) is 17.7 Å². The molecule has 0 aliphatic heterocycles. The van der Waals surface area contributed by atoms with Gasteiger partial charge in [0.15, 0.2) is 6.29 Å². The number of esters is 1. The average molecular weight is 280 g/mol. The van der Waals surface area contributed by atoms with Crippen molar-refractivity contribution in [3.8, 4) is 5.75 Å². The molecule has 1 aromatic carbocycles. The third-order valence-corrected chi connectivity index (χ3v) is 2.82. The summed E-state index contributed by atoms with van der Waals surface area (Å²) in [6, 6.07) is 7.51. The number of hydrogen-bond acceptors (Lipinski definition) is 4. The van der Waals surface area contributed by atoms with E-state index in [4.69, 9.17) is 14.2 Å². The van der Waals surface area contributed by atoms with Crippen LogP contribution < -0.4 is 4.74 Å². The minimum absolute atomic E-state index is 0.162. The van der Waals surface area contributed by atoms with Gasteiger partial charge in [-0.05, 0) is 44.9 Å². The number of rotatable bonds is 8. The van der Waals surface area contributed by atoms with Crippen molar-refractivity contribution in [2.45, 2.75) is 52.9 Å². The summed E-state index contributed by atoms with van der Waals surface area (Å²) in [4.78, 5) is 11.4. The summed E-state index contributed by atoms with van der Waals surface area (Å²) in [5.41, 5.74) is 0.950. The molecule has 0 N–H and O–H groups in total. The van der Waals surface area contributed by atoms with Crippen LogP contribution in [0.3, 0.4) is 0 Å². The quantitative estimate of drug-likeness (QED) is 0.536. The molecule has 1 aromatic rings. The molecule has 112 valence electrons. The Morgan fingerprint density at radius 3 is 2.35 bits per heavy atom. The summed E-state index contributed by atoms with van der Waals surface area (Å²) in [5.74, 6) is 0.576. The Labute approximate surface area is 121 Å². The highest BCUT2D eigenvalue weighted by Gasteiger charge is 2.11. The second kappa shape index (κ2) is 8.59. The van der Waals surface area contributed by atoms with Crippen molar-refractivity contribution in [1.82, 2.24) is 0 Å². The zero-order valence-corrected chi connectivity index (χ0v) is 12.7. The maximum atomic E-state index is 11.4. The van der Waals surface area contributed by atoms with E-state index in [1.807, 2.05) is 52.0 Å². The second-order valence-electron chi connectivity index (χ2n) is 4.59. The molecule has 0 saturated carbocycles. The smallest absolute Gasteiger partial charge is 0.306 e. The molecule has 0 saturated heterocycles. The molecular weight excluding hydrogens is 256 g/mol. The fraction of sp³-hybridized carbons (Fsp3) is 0.562. The first-order valence-electron chi connectivity index (χ1n) is 7.14. The van der Waals surface area contributed by atoms with E-state index >= 15 is 0 Å². The summed E-state index contributed by atoms with van der Waals surface area (Å²) in [6.07, 6.45) is 0.739. The van der Waals surface area contributed by atoms with E-state index < -0.39 is 0 Å². The van der Waals surface area contributed by atoms with Crippen LogP contribution in [-0.2, 0) is 14.3 Å². The Kier molecular flexibility index (Phi) is 7.09. The molecule has 0 radical (unpaired) electrons. The number of carbonyl (C=O) groups excluding carboxylic acids is 1. The number of ether oxygens (including phenoxy) is 3. The van der Waals surface area contributed by atoms with Crippen molar-refractivity contribution >= 4 is 5.97 Å². The highest BCUT2D eigenvalue weighted by atomic mass is 16.7. The molecule has 20 heavy (non-hydrogen) atoms. The third kappa shape index (κ3) is 5.61. The fourth-order valence-corrected chi connectivity index (χ4v) is 1.81. The minimum atomic E-state index is -0.273. The first kappa shape index (κ1) is 16.5. The van der Waals surface area contributed by atoms with E-state index in [1.165, 1.54) is 0 Å². The first-order valence-corrected chi connectivity index (χ1v) is 7.14. The van der Waals surface area contributed by atoms with Crippen LogP contribution in [0.2, 0.25) is 0 Å². The highest BCUT2D eigenvalue weighted by molar-refractivity contribution is 5.69. The van der Waals surface area contributed by atoms with Crippen LogP contribution in [0.25, 0.3) is 0 Å². The summed E-state index contributed by atoms with van der Waals surface area (Å²) < 4.78 is 16.2. The molecule has 0 aliphatic carbocycles. The van der Waals surface area contributed by atoms with Gasteiger partial charge in [-0.15, -0.1) is 0 Å². The van der Waals surface area contributed by atoms with Crippen molar-refractivity contribution in [2.75, 3.05) is 6.61 Å². The molecule has 0 aliphatic rings. The number of hydrogen-bond donors (Lipinski definition) is 0. The van der Waals surface area contributed by atoms with Crippen LogP contribution in [0, 0.1) is 0 Å². The zero-order chi connectivity index (χ0) is 15.0. The van der Waals surface area contributed by atoms with Gasteiger partial charge in [-0.2, -0.15) is 0 Å². The van der Waals surface area contributed by atoms with Crippen LogP contribution in [-0.4, -0.2) is 18.9 Å². The Balaban J connectivity index is 2.55. The summed E-state index contributed by atoms with van der Waals surface area (Å²) in [5, 5.41) is 0. The Bertz CT molecular complexity index is 399. The van der Waals surface area contributed by atoms with E-state index in [0.29, 0.717) is 13.0 Å². The molecule has 0 fully saturated rings. The molecule has 0 heterocycles. The van der Waals surface area contributed by atoms with Crippen molar-refractivity contribution < 1.29 is 19.0 Å². The van der Waals surface area contributed by atoms with Gasteiger partial charge < -0.3 is 14.2 Å². The topological polar surface area (TPSA) is 44.8 Å². The van der Waals surface area contributed by atoms with E-state index in [2.05, 4.69) is 0 Å². The maximum absolute atomic E-state index is 11.4. The molecule has 2 atom stereocenters.